The van der Waals surface area contributed by atoms with Crippen molar-refractivity contribution in [3.8, 4) is 11.8 Å². The van der Waals surface area contributed by atoms with Crippen molar-refractivity contribution in [1.82, 2.24) is 9.88 Å². The number of carboxylic acids is 1. The van der Waals surface area contributed by atoms with Crippen molar-refractivity contribution in [2.45, 2.75) is 39.3 Å². The summed E-state index contributed by atoms with van der Waals surface area (Å²) in [6.07, 6.45) is 0.896. The van der Waals surface area contributed by atoms with Crippen LogP contribution in [0.2, 0.25) is 0 Å². The Labute approximate surface area is 130 Å². The second-order valence-corrected chi connectivity index (χ2v) is 5.64. The molecular weight excluding hydrogens is 284 g/mol. The summed E-state index contributed by atoms with van der Waals surface area (Å²) < 4.78 is 5.21. The summed E-state index contributed by atoms with van der Waals surface area (Å²) in [6.45, 7) is 6.50. The zero-order valence-corrected chi connectivity index (χ0v) is 13.2. The number of carbonyl (C=O) groups excluding carboxylic acids is 1. The Balaban J connectivity index is 2.86. The minimum absolute atomic E-state index is 0.0566. The maximum absolute atomic E-state index is 12.1. The lowest BCUT2D eigenvalue weighted by Crippen LogP contribution is -2.45. The second kappa shape index (κ2) is 7.46. The van der Waals surface area contributed by atoms with Gasteiger partial charge in [-0.1, -0.05) is 12.0 Å². The molecule has 22 heavy (non-hydrogen) atoms. The molecule has 1 aromatic heterocycles. The van der Waals surface area contributed by atoms with Gasteiger partial charge in [0.1, 0.15) is 17.3 Å². The molecule has 0 bridgehead atoms. The van der Waals surface area contributed by atoms with Crippen LogP contribution in [0, 0.1) is 11.8 Å². The molecule has 6 heteroatoms. The van der Waals surface area contributed by atoms with Crippen molar-refractivity contribution >= 4 is 12.1 Å². The summed E-state index contributed by atoms with van der Waals surface area (Å²) in [7, 11) is 0. The number of pyridine rings is 1. The maximum atomic E-state index is 12.1. The van der Waals surface area contributed by atoms with E-state index in [1.54, 1.807) is 45.2 Å². The van der Waals surface area contributed by atoms with Crippen LogP contribution in [-0.2, 0) is 9.53 Å². The molecule has 1 atom stereocenters. The van der Waals surface area contributed by atoms with Crippen LogP contribution in [0.5, 0.6) is 0 Å². The predicted octanol–water partition coefficient (Wildman–Crippen LogP) is 2.14. The fourth-order valence-electron chi connectivity index (χ4n) is 1.47. The first kappa shape index (κ1) is 17.5. The fourth-order valence-corrected chi connectivity index (χ4v) is 1.47. The molecule has 1 heterocycles. The van der Waals surface area contributed by atoms with E-state index in [0.29, 0.717) is 5.69 Å². The molecule has 1 unspecified atom stereocenters. The average molecular weight is 304 g/mol. The standard InChI is InChI=1S/C16H20N2O4/c1-12(14(19)20)18(15(21)22-16(2,3)4)11-7-9-13-8-5-6-10-17-13/h5-6,8,10,12H,11H2,1-4H3,(H,19,20). The molecule has 1 amide bonds. The Morgan fingerprint density at radius 1 is 1.41 bits per heavy atom. The molecule has 0 spiro atoms. The Kier molecular flexibility index (Phi) is 5.93. The Hall–Kier alpha value is -2.55. The Bertz CT molecular complexity index is 582. The molecule has 0 aliphatic heterocycles. The van der Waals surface area contributed by atoms with Gasteiger partial charge in [0.25, 0.3) is 0 Å². The molecule has 0 aliphatic rings. The summed E-state index contributed by atoms with van der Waals surface area (Å²) in [5.41, 5.74) is -0.156. The largest absolute Gasteiger partial charge is 0.480 e. The van der Waals surface area contributed by atoms with Crippen molar-refractivity contribution in [1.29, 1.82) is 0 Å². The number of carboxylic acid groups (broad SMARTS) is 1. The quantitative estimate of drug-likeness (QED) is 0.865. The van der Waals surface area contributed by atoms with E-state index in [2.05, 4.69) is 16.8 Å². The monoisotopic (exact) mass is 304 g/mol. The molecule has 0 fully saturated rings. The maximum Gasteiger partial charge on any atom is 0.411 e. The van der Waals surface area contributed by atoms with Gasteiger partial charge in [0.15, 0.2) is 0 Å². The van der Waals surface area contributed by atoms with Gasteiger partial charge in [-0.15, -0.1) is 0 Å². The Morgan fingerprint density at radius 3 is 2.59 bits per heavy atom. The first-order chi connectivity index (χ1) is 10.2. The summed E-state index contributed by atoms with van der Waals surface area (Å²) in [5.74, 6) is 4.42. The third-order valence-electron chi connectivity index (χ3n) is 2.58. The van der Waals surface area contributed by atoms with Gasteiger partial charge in [-0.25, -0.2) is 14.6 Å². The van der Waals surface area contributed by atoms with Crippen LogP contribution in [0.15, 0.2) is 24.4 Å². The van der Waals surface area contributed by atoms with Gasteiger partial charge < -0.3 is 9.84 Å². The van der Waals surface area contributed by atoms with E-state index in [0.717, 1.165) is 4.90 Å². The normalized spacial score (nSPS) is 11.8. The number of nitrogens with zero attached hydrogens (tertiary/aromatic N) is 2. The number of aromatic nitrogens is 1. The van der Waals surface area contributed by atoms with Crippen LogP contribution in [-0.4, -0.2) is 45.2 Å². The van der Waals surface area contributed by atoms with E-state index in [-0.39, 0.29) is 6.54 Å². The van der Waals surface area contributed by atoms with E-state index in [1.165, 1.54) is 6.92 Å². The Morgan fingerprint density at radius 2 is 2.09 bits per heavy atom. The van der Waals surface area contributed by atoms with Gasteiger partial charge in [-0.3, -0.25) is 4.90 Å². The topological polar surface area (TPSA) is 79.7 Å². The lowest BCUT2D eigenvalue weighted by molar-refractivity contribution is -0.142. The van der Waals surface area contributed by atoms with Crippen molar-refractivity contribution in [3.05, 3.63) is 30.1 Å². The van der Waals surface area contributed by atoms with Crippen LogP contribution in [0.1, 0.15) is 33.4 Å². The molecule has 0 saturated carbocycles. The van der Waals surface area contributed by atoms with E-state index in [1.807, 2.05) is 0 Å². The van der Waals surface area contributed by atoms with E-state index < -0.39 is 23.7 Å². The second-order valence-electron chi connectivity index (χ2n) is 5.64. The number of hydrogen-bond donors (Lipinski definition) is 1. The number of ether oxygens (including phenoxy) is 1. The molecule has 1 rings (SSSR count). The zero-order chi connectivity index (χ0) is 16.8. The third-order valence-corrected chi connectivity index (χ3v) is 2.58. The molecule has 0 aromatic carbocycles. The SMILES string of the molecule is CC(C(=O)O)N(CC#Cc1ccccn1)C(=O)OC(C)(C)C. The molecule has 1 aromatic rings. The number of amides is 1. The summed E-state index contributed by atoms with van der Waals surface area (Å²) in [4.78, 5) is 28.3. The van der Waals surface area contributed by atoms with Gasteiger partial charge in [0.2, 0.25) is 0 Å². The highest BCUT2D eigenvalue weighted by Gasteiger charge is 2.29. The summed E-state index contributed by atoms with van der Waals surface area (Å²) >= 11 is 0. The smallest absolute Gasteiger partial charge is 0.411 e. The molecule has 0 aliphatic carbocycles. The average Bonchev–Trinajstić information content (AvgIpc) is 2.42. The number of aliphatic carboxylic acids is 1. The molecule has 1 N–H and O–H groups in total. The highest BCUT2D eigenvalue weighted by atomic mass is 16.6. The molecule has 0 radical (unpaired) electrons. The van der Waals surface area contributed by atoms with E-state index in [4.69, 9.17) is 9.84 Å². The van der Waals surface area contributed by atoms with Crippen LogP contribution in [0.3, 0.4) is 0 Å². The lowest BCUT2D eigenvalue weighted by Gasteiger charge is -2.28. The van der Waals surface area contributed by atoms with Crippen LogP contribution >= 0.6 is 0 Å². The van der Waals surface area contributed by atoms with Crippen molar-refractivity contribution in [2.24, 2.45) is 0 Å². The minimum Gasteiger partial charge on any atom is -0.480 e. The van der Waals surface area contributed by atoms with Crippen molar-refractivity contribution in [2.75, 3.05) is 6.54 Å². The molecule has 0 saturated heterocycles. The van der Waals surface area contributed by atoms with Gasteiger partial charge in [0.05, 0.1) is 6.54 Å². The summed E-state index contributed by atoms with van der Waals surface area (Å²) in [5, 5.41) is 9.11. The minimum atomic E-state index is -1.12. The van der Waals surface area contributed by atoms with E-state index in [9.17, 15) is 9.59 Å². The number of rotatable bonds is 3. The molecule has 6 nitrogen and oxygen atoms in total. The lowest BCUT2D eigenvalue weighted by atomic mass is 10.2. The van der Waals surface area contributed by atoms with Crippen LogP contribution < -0.4 is 0 Å². The van der Waals surface area contributed by atoms with Crippen molar-refractivity contribution < 1.29 is 19.4 Å². The molecular formula is C16H20N2O4. The zero-order valence-electron chi connectivity index (χ0n) is 13.2. The van der Waals surface area contributed by atoms with Gasteiger partial charge in [0, 0.05) is 6.20 Å². The van der Waals surface area contributed by atoms with Crippen molar-refractivity contribution in [3.63, 3.8) is 0 Å². The third kappa shape index (κ3) is 5.83. The van der Waals surface area contributed by atoms with Gasteiger partial charge in [-0.05, 0) is 45.7 Å². The van der Waals surface area contributed by atoms with Gasteiger partial charge in [-0.2, -0.15) is 0 Å². The van der Waals surface area contributed by atoms with Crippen LogP contribution in [0.4, 0.5) is 4.79 Å². The first-order valence-corrected chi connectivity index (χ1v) is 6.83. The first-order valence-electron chi connectivity index (χ1n) is 6.83. The van der Waals surface area contributed by atoms with Gasteiger partial charge >= 0.3 is 12.1 Å². The predicted molar refractivity (Wildman–Crippen MR) is 81.2 cm³/mol. The number of carbonyl (C=O) groups is 2. The highest BCUT2D eigenvalue weighted by molar-refractivity contribution is 5.80. The summed E-state index contributed by atoms with van der Waals surface area (Å²) in [6, 6.07) is 4.26. The number of hydrogen-bond acceptors (Lipinski definition) is 4. The molecule has 118 valence electrons. The van der Waals surface area contributed by atoms with E-state index >= 15 is 0 Å². The fraction of sp³-hybridized carbons (Fsp3) is 0.438. The van der Waals surface area contributed by atoms with Crippen LogP contribution in [0.25, 0.3) is 0 Å². The highest BCUT2D eigenvalue weighted by Crippen LogP contribution is 2.12.